The summed E-state index contributed by atoms with van der Waals surface area (Å²) in [5, 5.41) is 0. The van der Waals surface area contributed by atoms with Crippen molar-refractivity contribution in [3.63, 3.8) is 0 Å². The van der Waals surface area contributed by atoms with Crippen molar-refractivity contribution >= 4 is 0 Å². The van der Waals surface area contributed by atoms with Crippen LogP contribution in [0, 0.1) is 5.92 Å². The minimum Gasteiger partial charge on any atom is -0.495 e. The molecule has 3 heteroatoms. The summed E-state index contributed by atoms with van der Waals surface area (Å²) in [6.45, 7) is 2.26. The van der Waals surface area contributed by atoms with Gasteiger partial charge in [0.1, 0.15) is 11.4 Å². The van der Waals surface area contributed by atoms with E-state index in [1.54, 1.807) is 13.3 Å². The van der Waals surface area contributed by atoms with Crippen LogP contribution in [-0.2, 0) is 5.54 Å². The Morgan fingerprint density at radius 2 is 2.18 bits per heavy atom. The smallest absolute Gasteiger partial charge is 0.142 e. The Balaban J connectivity index is 2.21. The Labute approximate surface area is 103 Å². The van der Waals surface area contributed by atoms with Gasteiger partial charge in [0.25, 0.3) is 0 Å². The summed E-state index contributed by atoms with van der Waals surface area (Å²) in [5.41, 5.74) is 7.17. The van der Waals surface area contributed by atoms with Crippen molar-refractivity contribution < 1.29 is 4.74 Å². The summed E-state index contributed by atoms with van der Waals surface area (Å²) in [6.07, 6.45) is 7.49. The van der Waals surface area contributed by atoms with E-state index in [2.05, 4.69) is 11.9 Å². The third-order valence-electron chi connectivity index (χ3n) is 4.04. The van der Waals surface area contributed by atoms with Crippen molar-refractivity contribution in [1.29, 1.82) is 0 Å². The predicted octanol–water partition coefficient (Wildman–Crippen LogP) is 2.84. The average molecular weight is 234 g/mol. The largest absolute Gasteiger partial charge is 0.495 e. The predicted molar refractivity (Wildman–Crippen MR) is 68.9 cm³/mol. The van der Waals surface area contributed by atoms with Crippen molar-refractivity contribution in [2.24, 2.45) is 11.7 Å². The molecule has 1 aliphatic carbocycles. The number of ether oxygens (including phenoxy) is 1. The number of aromatic nitrogens is 1. The van der Waals surface area contributed by atoms with Gasteiger partial charge in [0.15, 0.2) is 0 Å². The summed E-state index contributed by atoms with van der Waals surface area (Å²) in [4.78, 5) is 4.45. The highest BCUT2D eigenvalue weighted by atomic mass is 16.5. The van der Waals surface area contributed by atoms with Crippen LogP contribution >= 0.6 is 0 Å². The Bertz CT molecular complexity index is 370. The van der Waals surface area contributed by atoms with Gasteiger partial charge in [0, 0.05) is 6.20 Å². The van der Waals surface area contributed by atoms with Gasteiger partial charge in [-0.1, -0.05) is 13.3 Å². The van der Waals surface area contributed by atoms with Crippen LogP contribution in [0.3, 0.4) is 0 Å². The van der Waals surface area contributed by atoms with Crippen molar-refractivity contribution in [3.05, 3.63) is 24.0 Å². The summed E-state index contributed by atoms with van der Waals surface area (Å²) in [7, 11) is 1.68. The molecule has 0 bridgehead atoms. The van der Waals surface area contributed by atoms with E-state index in [0.717, 1.165) is 30.2 Å². The summed E-state index contributed by atoms with van der Waals surface area (Å²) in [6, 6.07) is 3.84. The molecular weight excluding hydrogens is 212 g/mol. The molecule has 0 saturated heterocycles. The van der Waals surface area contributed by atoms with Gasteiger partial charge >= 0.3 is 0 Å². The maximum Gasteiger partial charge on any atom is 0.142 e. The van der Waals surface area contributed by atoms with E-state index in [-0.39, 0.29) is 5.54 Å². The molecule has 0 radical (unpaired) electrons. The highest BCUT2D eigenvalue weighted by Crippen LogP contribution is 2.40. The van der Waals surface area contributed by atoms with E-state index in [1.807, 2.05) is 12.1 Å². The Morgan fingerprint density at radius 1 is 1.47 bits per heavy atom. The average Bonchev–Trinajstić information content (AvgIpc) is 2.39. The second-order valence-electron chi connectivity index (χ2n) is 5.06. The molecule has 0 spiro atoms. The van der Waals surface area contributed by atoms with E-state index in [0.29, 0.717) is 0 Å². The minimum absolute atomic E-state index is 0.293. The van der Waals surface area contributed by atoms with Crippen molar-refractivity contribution in [2.45, 2.75) is 44.6 Å². The lowest BCUT2D eigenvalue weighted by molar-refractivity contribution is 0.221. The molecule has 1 aromatic heterocycles. The standard InChI is InChI=1S/C14H22N2O/c1-3-11-6-8-14(15,9-7-11)13-12(17-2)5-4-10-16-13/h4-5,10-11H,3,6-9,15H2,1-2H3. The number of nitrogens with two attached hydrogens (primary N) is 1. The topological polar surface area (TPSA) is 48.1 Å². The molecule has 1 saturated carbocycles. The maximum absolute atomic E-state index is 6.53. The molecule has 17 heavy (non-hydrogen) atoms. The molecule has 0 unspecified atom stereocenters. The number of methoxy groups -OCH3 is 1. The van der Waals surface area contributed by atoms with Crippen LogP contribution in [0.5, 0.6) is 5.75 Å². The number of rotatable bonds is 3. The Kier molecular flexibility index (Phi) is 3.67. The van der Waals surface area contributed by atoms with Gasteiger partial charge in [-0.15, -0.1) is 0 Å². The Morgan fingerprint density at radius 3 is 2.76 bits per heavy atom. The molecule has 0 atom stereocenters. The van der Waals surface area contributed by atoms with E-state index < -0.39 is 0 Å². The molecule has 0 aromatic carbocycles. The normalized spacial score (nSPS) is 29.0. The molecule has 1 heterocycles. The fourth-order valence-corrected chi connectivity index (χ4v) is 2.77. The van der Waals surface area contributed by atoms with Gasteiger partial charge in [-0.2, -0.15) is 0 Å². The van der Waals surface area contributed by atoms with Crippen molar-refractivity contribution in [1.82, 2.24) is 4.98 Å². The number of hydrogen-bond acceptors (Lipinski definition) is 3. The Hall–Kier alpha value is -1.09. The van der Waals surface area contributed by atoms with Crippen LogP contribution in [0.4, 0.5) is 0 Å². The highest BCUT2D eigenvalue weighted by molar-refractivity contribution is 5.33. The van der Waals surface area contributed by atoms with Gasteiger partial charge < -0.3 is 10.5 Å². The molecule has 0 amide bonds. The van der Waals surface area contributed by atoms with Gasteiger partial charge in [0.05, 0.1) is 12.6 Å². The molecule has 1 fully saturated rings. The first-order chi connectivity index (χ1) is 8.19. The van der Waals surface area contributed by atoms with Crippen LogP contribution in [0.25, 0.3) is 0 Å². The van der Waals surface area contributed by atoms with E-state index in [9.17, 15) is 0 Å². The minimum atomic E-state index is -0.293. The molecule has 3 nitrogen and oxygen atoms in total. The fourth-order valence-electron chi connectivity index (χ4n) is 2.77. The molecule has 2 rings (SSSR count). The number of nitrogens with zero attached hydrogens (tertiary/aromatic N) is 1. The molecule has 0 aliphatic heterocycles. The first-order valence-corrected chi connectivity index (χ1v) is 6.48. The molecule has 2 N–H and O–H groups in total. The van der Waals surface area contributed by atoms with Crippen LogP contribution in [0.2, 0.25) is 0 Å². The monoisotopic (exact) mass is 234 g/mol. The quantitative estimate of drug-likeness (QED) is 0.874. The maximum atomic E-state index is 6.53. The van der Waals surface area contributed by atoms with Crippen LogP contribution in [-0.4, -0.2) is 12.1 Å². The van der Waals surface area contributed by atoms with E-state index in [1.165, 1.54) is 19.3 Å². The summed E-state index contributed by atoms with van der Waals surface area (Å²) >= 11 is 0. The molecule has 1 aromatic rings. The van der Waals surface area contributed by atoms with E-state index >= 15 is 0 Å². The van der Waals surface area contributed by atoms with Crippen molar-refractivity contribution in [2.75, 3.05) is 7.11 Å². The van der Waals surface area contributed by atoms with Crippen LogP contribution < -0.4 is 10.5 Å². The summed E-state index contributed by atoms with van der Waals surface area (Å²) < 4.78 is 5.37. The van der Waals surface area contributed by atoms with Crippen molar-refractivity contribution in [3.8, 4) is 5.75 Å². The summed E-state index contributed by atoms with van der Waals surface area (Å²) in [5.74, 6) is 1.66. The lowest BCUT2D eigenvalue weighted by atomic mass is 9.74. The molecule has 1 aliphatic rings. The van der Waals surface area contributed by atoms with Crippen LogP contribution in [0.1, 0.15) is 44.7 Å². The third-order valence-corrected chi connectivity index (χ3v) is 4.04. The van der Waals surface area contributed by atoms with Gasteiger partial charge in [-0.3, -0.25) is 4.98 Å². The fraction of sp³-hybridized carbons (Fsp3) is 0.643. The van der Waals surface area contributed by atoms with E-state index in [4.69, 9.17) is 10.5 Å². The highest BCUT2D eigenvalue weighted by Gasteiger charge is 2.35. The molecule has 94 valence electrons. The second kappa shape index (κ2) is 5.05. The van der Waals surface area contributed by atoms with Gasteiger partial charge in [-0.05, 0) is 43.7 Å². The number of pyridine rings is 1. The first-order valence-electron chi connectivity index (χ1n) is 6.48. The number of hydrogen-bond donors (Lipinski definition) is 1. The van der Waals surface area contributed by atoms with Gasteiger partial charge in [-0.25, -0.2) is 0 Å². The van der Waals surface area contributed by atoms with Crippen LogP contribution in [0.15, 0.2) is 18.3 Å². The second-order valence-corrected chi connectivity index (χ2v) is 5.06. The lowest BCUT2D eigenvalue weighted by Gasteiger charge is -2.37. The van der Waals surface area contributed by atoms with Gasteiger partial charge in [0.2, 0.25) is 0 Å². The SMILES string of the molecule is CCC1CCC(N)(c2ncccc2OC)CC1. The third kappa shape index (κ3) is 2.44. The zero-order valence-electron chi connectivity index (χ0n) is 10.8. The molecular formula is C14H22N2O. The first kappa shape index (κ1) is 12.4. The zero-order valence-corrected chi connectivity index (χ0v) is 10.8. The zero-order chi connectivity index (χ0) is 12.3. The lowest BCUT2D eigenvalue weighted by Crippen LogP contribution is -2.41.